The van der Waals surface area contributed by atoms with Gasteiger partial charge in [0.15, 0.2) is 0 Å². The van der Waals surface area contributed by atoms with Gasteiger partial charge in [-0.1, -0.05) is 133 Å². The van der Waals surface area contributed by atoms with E-state index in [1.54, 1.807) is 0 Å². The Labute approximate surface area is 292 Å². The fraction of sp³-hybridized carbons (Fsp3) is 0. The van der Waals surface area contributed by atoms with Crippen molar-refractivity contribution in [3.05, 3.63) is 176 Å². The van der Waals surface area contributed by atoms with E-state index < -0.39 is 0 Å². The molecule has 0 fully saturated rings. The quantitative estimate of drug-likeness (QED) is 0.178. The first-order valence-electron chi connectivity index (χ1n) is 16.6. The van der Waals surface area contributed by atoms with Crippen LogP contribution in [0.5, 0.6) is 0 Å². The number of hydrogen-bond donors (Lipinski definition) is 0. The molecule has 0 spiro atoms. The smallest absolute Gasteiger partial charge is 0.0640 e. The molecule has 0 aliphatic carbocycles. The minimum absolute atomic E-state index is 1.13. The summed E-state index contributed by atoms with van der Waals surface area (Å²) in [6, 6.07) is 64.4. The second kappa shape index (κ2) is 11.5. The van der Waals surface area contributed by atoms with Crippen LogP contribution in [0.4, 0.5) is 17.1 Å². The second-order valence-electron chi connectivity index (χ2n) is 12.5. The molecule has 230 valence electrons. The van der Waals surface area contributed by atoms with E-state index in [1.165, 1.54) is 79.1 Å². The zero-order chi connectivity index (χ0) is 32.3. The van der Waals surface area contributed by atoms with Crippen LogP contribution in [0.1, 0.15) is 0 Å². The van der Waals surface area contributed by atoms with E-state index in [9.17, 15) is 0 Å². The fourth-order valence-electron chi connectivity index (χ4n) is 7.39. The Bertz CT molecular complexity index is 2830. The van der Waals surface area contributed by atoms with Gasteiger partial charge in [-0.05, 0) is 69.9 Å². The number of thiophene rings is 2. The van der Waals surface area contributed by atoms with Gasteiger partial charge in [0, 0.05) is 46.9 Å². The molecule has 0 N–H and O–H groups in total. The molecular weight excluding hydrogens is 631 g/mol. The molecule has 8 aromatic carbocycles. The number of fused-ring (bicyclic) bond motifs is 7. The lowest BCUT2D eigenvalue weighted by molar-refractivity contribution is 1.30. The van der Waals surface area contributed by atoms with Crippen molar-refractivity contribution in [3.63, 3.8) is 0 Å². The summed E-state index contributed by atoms with van der Waals surface area (Å²) in [5.74, 6) is 0. The number of anilines is 3. The van der Waals surface area contributed by atoms with Gasteiger partial charge >= 0.3 is 0 Å². The average molecular weight is 660 g/mol. The van der Waals surface area contributed by atoms with Crippen molar-refractivity contribution in [2.24, 2.45) is 0 Å². The average Bonchev–Trinajstić information content (AvgIpc) is 3.74. The summed E-state index contributed by atoms with van der Waals surface area (Å²) in [6.07, 6.45) is 0. The maximum Gasteiger partial charge on any atom is 0.0640 e. The van der Waals surface area contributed by atoms with Crippen LogP contribution < -0.4 is 4.90 Å². The highest BCUT2D eigenvalue weighted by Gasteiger charge is 2.21. The summed E-state index contributed by atoms with van der Waals surface area (Å²) < 4.78 is 5.23. The van der Waals surface area contributed by atoms with Crippen molar-refractivity contribution in [1.82, 2.24) is 0 Å². The molecule has 2 aromatic heterocycles. The minimum atomic E-state index is 1.13. The van der Waals surface area contributed by atoms with E-state index >= 15 is 0 Å². The first-order chi connectivity index (χ1) is 24.3. The number of hydrogen-bond acceptors (Lipinski definition) is 3. The van der Waals surface area contributed by atoms with Crippen LogP contribution in [-0.4, -0.2) is 0 Å². The summed E-state index contributed by atoms with van der Waals surface area (Å²) in [6.45, 7) is 0. The predicted molar refractivity (Wildman–Crippen MR) is 215 cm³/mol. The van der Waals surface area contributed by atoms with Crippen molar-refractivity contribution in [3.8, 4) is 22.3 Å². The molecule has 0 saturated heterocycles. The van der Waals surface area contributed by atoms with Crippen LogP contribution in [0.2, 0.25) is 0 Å². The molecule has 0 saturated carbocycles. The lowest BCUT2D eigenvalue weighted by Gasteiger charge is -2.28. The van der Waals surface area contributed by atoms with E-state index in [1.807, 2.05) is 22.7 Å². The Morgan fingerprint density at radius 2 is 0.918 bits per heavy atom. The van der Waals surface area contributed by atoms with Crippen molar-refractivity contribution in [2.75, 3.05) is 4.90 Å². The molecule has 49 heavy (non-hydrogen) atoms. The molecule has 0 aliphatic heterocycles. The number of nitrogens with zero attached hydrogens (tertiary/aromatic N) is 1. The first kappa shape index (κ1) is 28.3. The molecule has 0 unspecified atom stereocenters. The number of benzene rings is 8. The van der Waals surface area contributed by atoms with Crippen molar-refractivity contribution < 1.29 is 0 Å². The zero-order valence-corrected chi connectivity index (χ0v) is 28.1. The molecule has 0 radical (unpaired) electrons. The van der Waals surface area contributed by atoms with E-state index in [-0.39, 0.29) is 0 Å². The maximum atomic E-state index is 2.47. The normalized spacial score (nSPS) is 11.7. The van der Waals surface area contributed by atoms with E-state index in [4.69, 9.17) is 0 Å². The molecule has 0 aliphatic rings. The van der Waals surface area contributed by atoms with Gasteiger partial charge in [0.2, 0.25) is 0 Å². The Morgan fingerprint density at radius 3 is 1.78 bits per heavy atom. The van der Waals surface area contributed by atoms with Gasteiger partial charge in [0.1, 0.15) is 0 Å². The van der Waals surface area contributed by atoms with Gasteiger partial charge in [-0.3, -0.25) is 0 Å². The summed E-state index contributed by atoms with van der Waals surface area (Å²) in [7, 11) is 0. The highest BCUT2D eigenvalue weighted by Crippen LogP contribution is 2.48. The van der Waals surface area contributed by atoms with E-state index in [0.717, 1.165) is 11.4 Å². The summed E-state index contributed by atoms with van der Waals surface area (Å²) >= 11 is 3.74. The van der Waals surface area contributed by atoms with Gasteiger partial charge in [0.05, 0.1) is 16.1 Å². The number of rotatable bonds is 5. The second-order valence-corrected chi connectivity index (χ2v) is 14.6. The van der Waals surface area contributed by atoms with Crippen LogP contribution in [0.15, 0.2) is 176 Å². The van der Waals surface area contributed by atoms with Crippen molar-refractivity contribution >= 4 is 90.9 Å². The standard InChI is InChI=1S/C46H29NS2/c1-2-13-34-30(11-1)12-9-17-35(34)31-23-26-33(27-24-31)47(42-20-10-18-40-38-16-5-8-22-44(38)49-46(40)42)41-19-6-3-14-36(41)32-25-28-39-37-15-4-7-21-43(37)48-45(39)29-32/h1-29H. The summed E-state index contributed by atoms with van der Waals surface area (Å²) in [5.41, 5.74) is 8.36. The lowest BCUT2D eigenvalue weighted by Crippen LogP contribution is -2.11. The minimum Gasteiger partial charge on any atom is -0.308 e. The third kappa shape index (κ3) is 4.66. The Hall–Kier alpha value is -5.74. The molecule has 10 aromatic rings. The molecule has 0 atom stereocenters. The Balaban J connectivity index is 1.18. The molecule has 3 heteroatoms. The number of para-hydroxylation sites is 1. The van der Waals surface area contributed by atoms with Gasteiger partial charge in [-0.2, -0.15) is 0 Å². The van der Waals surface area contributed by atoms with Crippen LogP contribution in [0.25, 0.3) is 73.4 Å². The SMILES string of the molecule is c1ccc(N(c2ccc(-c3cccc4ccccc34)cc2)c2cccc3c2sc2ccccc23)c(-c2ccc3c(c2)sc2ccccc23)c1. The summed E-state index contributed by atoms with van der Waals surface area (Å²) in [4.78, 5) is 2.47. The highest BCUT2D eigenvalue weighted by molar-refractivity contribution is 7.26. The molecule has 1 nitrogen and oxygen atoms in total. The third-order valence-corrected chi connectivity index (χ3v) is 12.0. The topological polar surface area (TPSA) is 3.24 Å². The monoisotopic (exact) mass is 659 g/mol. The summed E-state index contributed by atoms with van der Waals surface area (Å²) in [5, 5.41) is 7.77. The van der Waals surface area contributed by atoms with Crippen LogP contribution in [0.3, 0.4) is 0 Å². The zero-order valence-electron chi connectivity index (χ0n) is 26.5. The Morgan fingerprint density at radius 1 is 0.347 bits per heavy atom. The molecular formula is C46H29NS2. The molecule has 2 heterocycles. The third-order valence-electron chi connectivity index (χ3n) is 9.69. The van der Waals surface area contributed by atoms with E-state index in [0.29, 0.717) is 0 Å². The van der Waals surface area contributed by atoms with Gasteiger partial charge in [-0.25, -0.2) is 0 Å². The van der Waals surface area contributed by atoms with E-state index in [2.05, 4.69) is 181 Å². The van der Waals surface area contributed by atoms with Gasteiger partial charge in [-0.15, -0.1) is 22.7 Å². The first-order valence-corrected chi connectivity index (χ1v) is 18.2. The van der Waals surface area contributed by atoms with Gasteiger partial charge < -0.3 is 4.90 Å². The highest BCUT2D eigenvalue weighted by atomic mass is 32.1. The predicted octanol–water partition coefficient (Wildman–Crippen LogP) is 14.4. The Kier molecular flexibility index (Phi) is 6.61. The lowest BCUT2D eigenvalue weighted by atomic mass is 9.97. The van der Waals surface area contributed by atoms with Crippen molar-refractivity contribution in [2.45, 2.75) is 0 Å². The largest absolute Gasteiger partial charge is 0.308 e. The van der Waals surface area contributed by atoms with Crippen LogP contribution in [-0.2, 0) is 0 Å². The molecule has 0 bridgehead atoms. The van der Waals surface area contributed by atoms with Crippen LogP contribution >= 0.6 is 22.7 Å². The fourth-order valence-corrected chi connectivity index (χ4v) is 9.74. The van der Waals surface area contributed by atoms with Gasteiger partial charge in [0.25, 0.3) is 0 Å². The van der Waals surface area contributed by atoms with Crippen LogP contribution in [0, 0.1) is 0 Å². The molecule has 0 amide bonds. The maximum absolute atomic E-state index is 2.47. The molecule has 10 rings (SSSR count). The van der Waals surface area contributed by atoms with Crippen molar-refractivity contribution in [1.29, 1.82) is 0 Å².